The van der Waals surface area contributed by atoms with Gasteiger partial charge in [0, 0.05) is 43.3 Å². The van der Waals surface area contributed by atoms with Crippen LogP contribution in [0, 0.1) is 23.7 Å². The van der Waals surface area contributed by atoms with Gasteiger partial charge < -0.3 is 20.9 Å². The molecule has 11 nitrogen and oxygen atoms in total. The number of unbranched alkanes of at least 4 members (excludes halogenated alkanes) is 2. The van der Waals surface area contributed by atoms with E-state index in [0.717, 1.165) is 12.0 Å². The van der Waals surface area contributed by atoms with Crippen LogP contribution in [0.3, 0.4) is 0 Å². The van der Waals surface area contributed by atoms with Gasteiger partial charge in [-0.3, -0.25) is 24.0 Å². The minimum atomic E-state index is -1.10. The summed E-state index contributed by atoms with van der Waals surface area (Å²) in [6, 6.07) is 6.21. The number of thiazole rings is 1. The molecule has 2 aromatic rings. The van der Waals surface area contributed by atoms with Crippen LogP contribution in [0.4, 0.5) is 5.69 Å². The van der Waals surface area contributed by atoms with Gasteiger partial charge in [-0.1, -0.05) is 39.3 Å². The highest BCUT2D eigenvalue weighted by Gasteiger charge is 2.34. The van der Waals surface area contributed by atoms with Crippen molar-refractivity contribution in [3.63, 3.8) is 0 Å². The molecule has 0 radical (unpaired) electrons. The Bertz CT molecular complexity index is 1370. The van der Waals surface area contributed by atoms with E-state index in [2.05, 4.69) is 16.2 Å². The smallest absolute Gasteiger partial charge is 0.309 e. The number of hydroxylamine groups is 2. The van der Waals surface area contributed by atoms with Gasteiger partial charge >= 0.3 is 11.9 Å². The Morgan fingerprint density at radius 1 is 1.17 bits per heavy atom. The summed E-state index contributed by atoms with van der Waals surface area (Å²) in [7, 11) is 0. The lowest BCUT2D eigenvalue weighted by atomic mass is 9.84. The zero-order valence-electron chi connectivity index (χ0n) is 28.4. The number of nitrogens with one attached hydrogen (secondary N) is 1. The standard InChI is InChI=1S/C35H50N4O7S/c1-8-10-12-18-45-39(31(41)13-11-9-2)29(23(3)4)20-30(46-24(5)40)33-38-28(22-47-33)32(42)37-27(21-35(6,7)34(43)44)19-25-14-16-26(36)17-15-25/h1,14-17,22-23,27,29-30H,9-13,18-21,36H2,2-7H3,(H,37,42)(H,43,44). The topological polar surface area (TPSA) is 161 Å². The highest BCUT2D eigenvalue weighted by molar-refractivity contribution is 7.09. The summed E-state index contributed by atoms with van der Waals surface area (Å²) in [5.74, 6) is 0.353. The fraction of sp³-hybridized carbons (Fsp3) is 0.571. The number of benzene rings is 1. The van der Waals surface area contributed by atoms with Crippen LogP contribution in [0.2, 0.25) is 0 Å². The zero-order chi connectivity index (χ0) is 35.1. The maximum atomic E-state index is 13.5. The van der Waals surface area contributed by atoms with Crippen LogP contribution < -0.4 is 11.1 Å². The molecular weight excluding hydrogens is 620 g/mol. The number of aromatic nitrogens is 1. The Morgan fingerprint density at radius 3 is 2.43 bits per heavy atom. The Balaban J connectivity index is 2.34. The Hall–Kier alpha value is -3.95. The molecule has 2 amide bonds. The summed E-state index contributed by atoms with van der Waals surface area (Å²) in [4.78, 5) is 61.4. The van der Waals surface area contributed by atoms with Gasteiger partial charge in [0.2, 0.25) is 5.91 Å². The third-order valence-corrected chi connectivity index (χ3v) is 8.62. The van der Waals surface area contributed by atoms with Crippen molar-refractivity contribution in [2.45, 2.75) is 111 Å². The van der Waals surface area contributed by atoms with E-state index in [1.165, 1.54) is 23.3 Å². The second-order valence-electron chi connectivity index (χ2n) is 12.7. The van der Waals surface area contributed by atoms with Gasteiger partial charge in [0.05, 0.1) is 18.1 Å². The van der Waals surface area contributed by atoms with Crippen LogP contribution in [0.15, 0.2) is 29.6 Å². The lowest BCUT2D eigenvalue weighted by Crippen LogP contribution is -2.44. The summed E-state index contributed by atoms with van der Waals surface area (Å²) in [6.07, 6.45) is 8.25. The number of carboxylic acid groups (broad SMARTS) is 1. The van der Waals surface area contributed by atoms with Gasteiger partial charge in [-0.15, -0.1) is 23.7 Å². The van der Waals surface area contributed by atoms with Gasteiger partial charge in [-0.25, -0.2) is 10.0 Å². The number of aliphatic carboxylic acids is 1. The molecule has 1 aromatic heterocycles. The number of nitrogen functional groups attached to an aromatic ring is 1. The van der Waals surface area contributed by atoms with E-state index in [4.69, 9.17) is 21.7 Å². The molecule has 47 heavy (non-hydrogen) atoms. The second kappa shape index (κ2) is 19.0. The average Bonchev–Trinajstić information content (AvgIpc) is 3.50. The number of hydrogen-bond donors (Lipinski definition) is 3. The van der Waals surface area contributed by atoms with Gasteiger partial charge in [-0.2, -0.15) is 0 Å². The van der Waals surface area contributed by atoms with Crippen LogP contribution in [0.5, 0.6) is 0 Å². The van der Waals surface area contributed by atoms with Crippen molar-refractivity contribution in [1.82, 2.24) is 15.4 Å². The highest BCUT2D eigenvalue weighted by atomic mass is 32.1. The van der Waals surface area contributed by atoms with Gasteiger partial charge in [0.15, 0.2) is 6.10 Å². The molecular formula is C35H50N4O7S. The molecule has 4 N–H and O–H groups in total. The monoisotopic (exact) mass is 670 g/mol. The molecule has 3 atom stereocenters. The van der Waals surface area contributed by atoms with E-state index >= 15 is 0 Å². The highest BCUT2D eigenvalue weighted by Crippen LogP contribution is 2.32. The Morgan fingerprint density at radius 2 is 1.85 bits per heavy atom. The molecule has 0 aliphatic carbocycles. The molecule has 0 aliphatic heterocycles. The van der Waals surface area contributed by atoms with Gasteiger partial charge in [-0.05, 0) is 63.1 Å². The first kappa shape index (κ1) is 39.2. The SMILES string of the molecule is C#CCCCON(C(=O)CCCC)C(CC(OC(C)=O)c1nc(C(=O)NC(Cc2ccc(N)cc2)CC(C)(C)C(=O)O)cs1)C(C)C. The number of esters is 1. The van der Waals surface area contributed by atoms with E-state index in [1.807, 2.05) is 32.9 Å². The molecule has 0 saturated heterocycles. The summed E-state index contributed by atoms with van der Waals surface area (Å²) in [6.45, 7) is 10.7. The number of ether oxygens (including phenoxy) is 1. The molecule has 0 fully saturated rings. The van der Waals surface area contributed by atoms with Crippen molar-refractivity contribution in [3.05, 3.63) is 45.9 Å². The third-order valence-electron chi connectivity index (χ3n) is 7.68. The van der Waals surface area contributed by atoms with E-state index in [1.54, 1.807) is 31.4 Å². The number of hydrogen-bond acceptors (Lipinski definition) is 9. The average molecular weight is 671 g/mol. The Kier molecular flexibility index (Phi) is 15.9. The fourth-order valence-corrected chi connectivity index (χ4v) is 5.84. The van der Waals surface area contributed by atoms with E-state index < -0.39 is 41.4 Å². The second-order valence-corrected chi connectivity index (χ2v) is 13.6. The minimum absolute atomic E-state index is 0.0688. The van der Waals surface area contributed by atoms with E-state index in [-0.39, 0.29) is 37.0 Å². The quantitative estimate of drug-likeness (QED) is 0.0508. The first-order valence-electron chi connectivity index (χ1n) is 16.1. The summed E-state index contributed by atoms with van der Waals surface area (Å²) in [5, 5.41) is 16.1. The molecule has 0 saturated carbocycles. The van der Waals surface area contributed by atoms with Crippen molar-refractivity contribution >= 4 is 40.8 Å². The largest absolute Gasteiger partial charge is 0.481 e. The summed E-state index contributed by atoms with van der Waals surface area (Å²) < 4.78 is 5.71. The normalized spacial score (nSPS) is 13.3. The number of anilines is 1. The predicted octanol–water partition coefficient (Wildman–Crippen LogP) is 5.95. The fourth-order valence-electron chi connectivity index (χ4n) is 5.00. The molecule has 258 valence electrons. The van der Waals surface area contributed by atoms with Crippen LogP contribution in [-0.2, 0) is 30.4 Å². The van der Waals surface area contributed by atoms with Crippen molar-refractivity contribution in [1.29, 1.82) is 0 Å². The molecule has 0 aliphatic rings. The minimum Gasteiger partial charge on any atom is -0.481 e. The Labute approximate surface area is 282 Å². The number of nitrogens with two attached hydrogens (primary N) is 1. The lowest BCUT2D eigenvalue weighted by Gasteiger charge is -2.35. The maximum absolute atomic E-state index is 13.5. The number of carbonyl (C=O) groups is 4. The third kappa shape index (κ3) is 13.0. The van der Waals surface area contributed by atoms with Crippen LogP contribution >= 0.6 is 11.3 Å². The van der Waals surface area contributed by atoms with E-state index in [0.29, 0.717) is 42.8 Å². The number of amides is 2. The summed E-state index contributed by atoms with van der Waals surface area (Å²) in [5.41, 5.74) is 6.32. The predicted molar refractivity (Wildman–Crippen MR) is 182 cm³/mol. The van der Waals surface area contributed by atoms with Crippen molar-refractivity contribution < 1.29 is 33.9 Å². The summed E-state index contributed by atoms with van der Waals surface area (Å²) >= 11 is 1.17. The lowest BCUT2D eigenvalue weighted by molar-refractivity contribution is -0.210. The zero-order valence-corrected chi connectivity index (χ0v) is 29.2. The maximum Gasteiger partial charge on any atom is 0.309 e. The molecule has 2 rings (SSSR count). The molecule has 12 heteroatoms. The first-order chi connectivity index (χ1) is 22.2. The van der Waals surface area contributed by atoms with Gasteiger partial charge in [0.1, 0.15) is 10.7 Å². The molecule has 1 aromatic carbocycles. The van der Waals surface area contributed by atoms with Crippen LogP contribution in [0.25, 0.3) is 0 Å². The van der Waals surface area contributed by atoms with Crippen LogP contribution in [0.1, 0.15) is 114 Å². The number of rotatable bonds is 20. The molecule has 0 bridgehead atoms. The van der Waals surface area contributed by atoms with Crippen LogP contribution in [-0.4, -0.2) is 57.6 Å². The van der Waals surface area contributed by atoms with E-state index in [9.17, 15) is 24.3 Å². The van der Waals surface area contributed by atoms with Gasteiger partial charge in [0.25, 0.3) is 5.91 Å². The number of carbonyl (C=O) groups excluding carboxylic acids is 3. The number of carboxylic acids is 1. The molecule has 3 unspecified atom stereocenters. The van der Waals surface area contributed by atoms with Crippen molar-refractivity contribution in [2.75, 3.05) is 12.3 Å². The number of nitrogens with zero attached hydrogens (tertiary/aromatic N) is 2. The first-order valence-corrected chi connectivity index (χ1v) is 17.0. The molecule has 0 spiro atoms. The number of terminal acetylenes is 1. The molecule has 1 heterocycles. The van der Waals surface area contributed by atoms with Crippen molar-refractivity contribution in [3.8, 4) is 12.3 Å². The van der Waals surface area contributed by atoms with Crippen molar-refractivity contribution in [2.24, 2.45) is 11.3 Å².